The number of anilines is 1. The van der Waals surface area contributed by atoms with E-state index in [1.54, 1.807) is 12.1 Å². The first-order valence-electron chi connectivity index (χ1n) is 10.7. The van der Waals surface area contributed by atoms with Gasteiger partial charge in [0.05, 0.1) is 19.4 Å². The van der Waals surface area contributed by atoms with Gasteiger partial charge in [-0.05, 0) is 57.3 Å². The van der Waals surface area contributed by atoms with Crippen LogP contribution in [0.5, 0.6) is 0 Å². The van der Waals surface area contributed by atoms with Gasteiger partial charge in [0.15, 0.2) is 15.0 Å². The molecule has 0 saturated carbocycles. The number of carbonyl (C=O) groups is 1. The van der Waals surface area contributed by atoms with Crippen molar-refractivity contribution in [2.45, 2.75) is 28.0 Å². The molecule has 15 heteroatoms. The lowest BCUT2D eigenvalue weighted by Gasteiger charge is -2.29. The molecule has 9 nitrogen and oxygen atoms in total. The van der Waals surface area contributed by atoms with Crippen LogP contribution in [0.25, 0.3) is 10.2 Å². The fraction of sp³-hybridized carbons (Fsp3) is 0.429. The number of sulfone groups is 1. The molecule has 0 spiro atoms. The fourth-order valence-electron chi connectivity index (χ4n) is 3.85. The van der Waals surface area contributed by atoms with Crippen LogP contribution < -0.4 is 4.90 Å². The zero-order chi connectivity index (χ0) is 25.5. The topological polar surface area (TPSA) is 108 Å². The number of thiophene rings is 1. The molecule has 2 aromatic heterocycles. The molecule has 198 valence electrons. The molecular weight excluding hydrogens is 587 g/mol. The average molecular weight is 614 g/mol. The molecule has 3 heterocycles. The summed E-state index contributed by atoms with van der Waals surface area (Å²) in [6.07, 6.45) is 2.10. The first kappa shape index (κ1) is 29.2. The molecule has 1 amide bonds. The highest BCUT2D eigenvalue weighted by Crippen LogP contribution is 2.35. The van der Waals surface area contributed by atoms with Crippen LogP contribution in [0.1, 0.15) is 12.8 Å². The predicted octanol–water partition coefficient (Wildman–Crippen LogP) is 3.58. The summed E-state index contributed by atoms with van der Waals surface area (Å²) in [4.78, 5) is 22.0. The number of halogens is 2. The first-order valence-corrected chi connectivity index (χ1v) is 16.1. The van der Waals surface area contributed by atoms with Gasteiger partial charge >= 0.3 is 0 Å². The number of fused-ring (bicyclic) bond motifs is 1. The van der Waals surface area contributed by atoms with Crippen molar-refractivity contribution in [3.63, 3.8) is 0 Å². The highest BCUT2D eigenvalue weighted by Gasteiger charge is 2.42. The first-order chi connectivity index (χ1) is 16.4. The van der Waals surface area contributed by atoms with Crippen molar-refractivity contribution in [2.24, 2.45) is 0 Å². The number of hydrogen-bond donors (Lipinski definition) is 0. The van der Waals surface area contributed by atoms with E-state index in [1.807, 2.05) is 19.0 Å². The number of rotatable bonds is 8. The maximum Gasteiger partial charge on any atom is 0.253 e. The number of hydrogen-bond acceptors (Lipinski definition) is 9. The summed E-state index contributed by atoms with van der Waals surface area (Å²) in [6.45, 7) is 1.09. The summed E-state index contributed by atoms with van der Waals surface area (Å²) < 4.78 is 52.9. The van der Waals surface area contributed by atoms with Crippen molar-refractivity contribution in [2.75, 3.05) is 44.9 Å². The second-order valence-corrected chi connectivity index (χ2v) is 15.4. The second-order valence-electron chi connectivity index (χ2n) is 8.52. The highest BCUT2D eigenvalue weighted by molar-refractivity contribution is 7.91. The van der Waals surface area contributed by atoms with Gasteiger partial charge in [-0.2, -0.15) is 4.31 Å². The molecule has 1 unspecified atom stereocenters. The summed E-state index contributed by atoms with van der Waals surface area (Å²) in [5.41, 5.74) is 0.573. The van der Waals surface area contributed by atoms with E-state index < -0.39 is 25.9 Å². The van der Waals surface area contributed by atoms with Crippen LogP contribution in [-0.2, 0) is 24.7 Å². The van der Waals surface area contributed by atoms with Crippen molar-refractivity contribution in [3.05, 3.63) is 34.7 Å². The van der Waals surface area contributed by atoms with E-state index in [9.17, 15) is 21.6 Å². The van der Waals surface area contributed by atoms with E-state index in [1.165, 1.54) is 38.7 Å². The third-order valence-electron chi connectivity index (χ3n) is 5.64. The fourth-order valence-corrected chi connectivity index (χ4v) is 8.87. The summed E-state index contributed by atoms with van der Waals surface area (Å²) in [5.74, 6) is -0.349. The number of carbonyl (C=O) groups excluding carboxylic acids is 1. The summed E-state index contributed by atoms with van der Waals surface area (Å²) in [5, 5.41) is 0.404. The normalized spacial score (nSPS) is 17.0. The Balaban J connectivity index is 0.00000361. The molecule has 0 bridgehead atoms. The quantitative estimate of drug-likeness (QED) is 0.382. The Morgan fingerprint density at radius 2 is 1.86 bits per heavy atom. The molecule has 1 aromatic carbocycles. The molecule has 1 fully saturated rings. The van der Waals surface area contributed by atoms with Crippen molar-refractivity contribution < 1.29 is 21.6 Å². The minimum atomic E-state index is -3.88. The van der Waals surface area contributed by atoms with Gasteiger partial charge in [0.2, 0.25) is 5.91 Å². The molecule has 4 rings (SSSR count). The van der Waals surface area contributed by atoms with Gasteiger partial charge in [0, 0.05) is 25.9 Å². The van der Waals surface area contributed by atoms with E-state index in [0.29, 0.717) is 45.6 Å². The number of benzene rings is 1. The monoisotopic (exact) mass is 612 g/mol. The number of nitrogens with zero attached hydrogens (tertiary/aromatic N) is 4. The lowest BCUT2D eigenvalue weighted by Crippen LogP contribution is -2.49. The summed E-state index contributed by atoms with van der Waals surface area (Å²) in [6, 6.07) is 6.78. The van der Waals surface area contributed by atoms with Gasteiger partial charge in [-0.15, -0.1) is 23.7 Å². The Morgan fingerprint density at radius 1 is 1.14 bits per heavy atom. The summed E-state index contributed by atoms with van der Waals surface area (Å²) in [7, 11) is -3.51. The Labute approximate surface area is 230 Å². The van der Waals surface area contributed by atoms with Gasteiger partial charge in [-0.25, -0.2) is 21.8 Å². The third-order valence-corrected chi connectivity index (χ3v) is 11.4. The van der Waals surface area contributed by atoms with Gasteiger partial charge in [-0.3, -0.25) is 9.69 Å². The molecule has 1 aliphatic rings. The standard InChI is InChI=1S/C21H25ClN4O5S4.ClH/c1-24(2)11-12-25(21-23-15-7-6-14(34(3,28)29)13-17(15)32-21)20(27)16-5-4-10-26(16)35(30,31)19-9-8-18(22)33-19;/h6-9,13,16H,4-5,10-12H2,1-3H3;1H. The van der Waals surface area contributed by atoms with Crippen LogP contribution >= 0.6 is 46.7 Å². The van der Waals surface area contributed by atoms with Crippen LogP contribution in [-0.4, -0.2) is 83.0 Å². The van der Waals surface area contributed by atoms with E-state index in [-0.39, 0.29) is 34.0 Å². The molecule has 0 aliphatic carbocycles. The lowest BCUT2D eigenvalue weighted by atomic mass is 10.2. The Morgan fingerprint density at radius 3 is 2.47 bits per heavy atom. The van der Waals surface area contributed by atoms with E-state index in [0.717, 1.165) is 17.6 Å². The van der Waals surface area contributed by atoms with Crippen LogP contribution in [0, 0.1) is 0 Å². The molecule has 1 atom stereocenters. The number of amides is 1. The van der Waals surface area contributed by atoms with Gasteiger partial charge in [-0.1, -0.05) is 22.9 Å². The SMILES string of the molecule is CN(C)CCN(C(=O)C1CCCN1S(=O)(=O)c1ccc(Cl)s1)c1nc2ccc(S(C)(=O)=O)cc2s1.Cl. The number of likely N-dealkylation sites (N-methyl/N-ethyl adjacent to an activating group) is 1. The van der Waals surface area contributed by atoms with Crippen LogP contribution in [0.3, 0.4) is 0 Å². The van der Waals surface area contributed by atoms with Crippen molar-refractivity contribution in [1.29, 1.82) is 0 Å². The van der Waals surface area contributed by atoms with Crippen molar-refractivity contribution in [1.82, 2.24) is 14.2 Å². The minimum absolute atomic E-state index is 0. The number of aromatic nitrogens is 1. The summed E-state index contributed by atoms with van der Waals surface area (Å²) >= 11 is 8.14. The van der Waals surface area contributed by atoms with Crippen molar-refractivity contribution in [3.8, 4) is 0 Å². The Kier molecular flexibility index (Phi) is 9.09. The molecule has 36 heavy (non-hydrogen) atoms. The molecular formula is C21H26Cl2N4O5S4. The maximum atomic E-state index is 13.8. The number of thiazole rings is 1. The predicted molar refractivity (Wildman–Crippen MR) is 147 cm³/mol. The molecule has 0 N–H and O–H groups in total. The van der Waals surface area contributed by atoms with E-state index >= 15 is 0 Å². The lowest BCUT2D eigenvalue weighted by molar-refractivity contribution is -0.121. The van der Waals surface area contributed by atoms with Crippen LogP contribution in [0.2, 0.25) is 4.34 Å². The van der Waals surface area contributed by atoms with Gasteiger partial charge in [0.25, 0.3) is 10.0 Å². The zero-order valence-corrected chi connectivity index (χ0v) is 24.6. The molecule has 1 aliphatic heterocycles. The largest absolute Gasteiger partial charge is 0.308 e. The smallest absolute Gasteiger partial charge is 0.253 e. The minimum Gasteiger partial charge on any atom is -0.308 e. The van der Waals surface area contributed by atoms with Gasteiger partial charge < -0.3 is 4.90 Å². The van der Waals surface area contributed by atoms with Crippen molar-refractivity contribution >= 4 is 87.8 Å². The molecule has 3 aromatic rings. The highest BCUT2D eigenvalue weighted by atomic mass is 35.5. The van der Waals surface area contributed by atoms with Gasteiger partial charge in [0.1, 0.15) is 10.3 Å². The molecule has 0 radical (unpaired) electrons. The molecule has 1 saturated heterocycles. The average Bonchev–Trinajstić information content (AvgIpc) is 3.51. The Hall–Kier alpha value is -1.32. The Bertz CT molecular complexity index is 1470. The van der Waals surface area contributed by atoms with E-state index in [2.05, 4.69) is 4.98 Å². The maximum absolute atomic E-state index is 13.8. The second kappa shape index (κ2) is 11.2. The van der Waals surface area contributed by atoms with Crippen LogP contribution in [0.15, 0.2) is 39.4 Å². The van der Waals surface area contributed by atoms with E-state index in [4.69, 9.17) is 11.6 Å². The third kappa shape index (κ3) is 6.04. The zero-order valence-electron chi connectivity index (χ0n) is 19.7. The van der Waals surface area contributed by atoms with Crippen LogP contribution in [0.4, 0.5) is 5.13 Å². The number of sulfonamides is 1.